The van der Waals surface area contributed by atoms with Gasteiger partial charge in [-0.1, -0.05) is 96.6 Å². The van der Waals surface area contributed by atoms with E-state index in [1.54, 1.807) is 0 Å². The minimum Gasteiger partial charge on any atom is -0.0999 e. The van der Waals surface area contributed by atoms with Gasteiger partial charge in [0.25, 0.3) is 0 Å². The Balaban J connectivity index is 3.04. The average Bonchev–Trinajstić information content (AvgIpc) is 2.42. The van der Waals surface area contributed by atoms with Gasteiger partial charge in [-0.3, -0.25) is 0 Å². The summed E-state index contributed by atoms with van der Waals surface area (Å²) in [5, 5.41) is 0. The van der Waals surface area contributed by atoms with Crippen LogP contribution in [0.1, 0.15) is 110 Å². The Morgan fingerprint density at radius 3 is 1.37 bits per heavy atom. The largest absolute Gasteiger partial charge is 0.0999 e. The minimum absolute atomic E-state index is 1.26. The highest BCUT2D eigenvalue weighted by atomic mass is 14.0. The normalized spacial score (nSPS) is 10.8. The summed E-state index contributed by atoms with van der Waals surface area (Å²) in [5.41, 5.74) is 1.48. The van der Waals surface area contributed by atoms with Crippen LogP contribution >= 0.6 is 0 Å². The first kappa shape index (κ1) is 18.7. The topological polar surface area (TPSA) is 0 Å². The van der Waals surface area contributed by atoms with E-state index in [9.17, 15) is 0 Å². The minimum atomic E-state index is 1.26. The third-order valence-electron chi connectivity index (χ3n) is 4.02. The Morgan fingerprint density at radius 2 is 0.895 bits per heavy atom. The van der Waals surface area contributed by atoms with Crippen molar-refractivity contribution < 1.29 is 0 Å². The second kappa shape index (κ2) is 15.8. The summed E-state index contributed by atoms with van der Waals surface area (Å²) in [6, 6.07) is 0. The summed E-state index contributed by atoms with van der Waals surface area (Å²) in [6.45, 7) is 8.72. The third-order valence-corrected chi connectivity index (χ3v) is 4.02. The molecule has 0 heteroatoms. The van der Waals surface area contributed by atoms with Crippen molar-refractivity contribution in [2.45, 2.75) is 110 Å². The molecule has 0 aliphatic heterocycles. The van der Waals surface area contributed by atoms with E-state index in [2.05, 4.69) is 20.4 Å². The van der Waals surface area contributed by atoms with Crippen molar-refractivity contribution >= 4 is 0 Å². The summed E-state index contributed by atoms with van der Waals surface area (Å²) in [6.07, 6.45) is 21.0. The molecule has 0 unspecified atom stereocenters. The zero-order valence-corrected chi connectivity index (χ0v) is 13.8. The highest BCUT2D eigenvalue weighted by Gasteiger charge is 1.96. The van der Waals surface area contributed by atoms with Crippen LogP contribution in [0.5, 0.6) is 0 Å². The van der Waals surface area contributed by atoms with Gasteiger partial charge < -0.3 is 0 Å². The molecule has 0 saturated carbocycles. The summed E-state index contributed by atoms with van der Waals surface area (Å²) in [4.78, 5) is 0. The van der Waals surface area contributed by atoms with Crippen LogP contribution < -0.4 is 0 Å². The van der Waals surface area contributed by atoms with Crippen molar-refractivity contribution in [1.29, 1.82) is 0 Å². The molecular formula is C19H38. The van der Waals surface area contributed by atoms with Crippen LogP contribution in [-0.4, -0.2) is 0 Å². The molecule has 0 saturated heterocycles. The fourth-order valence-corrected chi connectivity index (χ4v) is 2.59. The first-order valence-corrected chi connectivity index (χ1v) is 8.97. The molecule has 0 aromatic carbocycles. The van der Waals surface area contributed by atoms with E-state index in [0.717, 1.165) is 0 Å². The summed E-state index contributed by atoms with van der Waals surface area (Å²) >= 11 is 0. The van der Waals surface area contributed by atoms with Gasteiger partial charge in [0.2, 0.25) is 0 Å². The maximum atomic E-state index is 4.17. The quantitative estimate of drug-likeness (QED) is 0.213. The van der Waals surface area contributed by atoms with Gasteiger partial charge in [0.15, 0.2) is 0 Å². The Labute approximate surface area is 123 Å². The molecule has 0 heterocycles. The average molecular weight is 267 g/mol. The van der Waals surface area contributed by atoms with Crippen LogP contribution in [0.2, 0.25) is 0 Å². The number of hydrogen-bond acceptors (Lipinski definition) is 0. The van der Waals surface area contributed by atoms with Crippen LogP contribution in [0.4, 0.5) is 0 Å². The van der Waals surface area contributed by atoms with Crippen LogP contribution in [0.25, 0.3) is 0 Å². The second-order valence-electron chi connectivity index (χ2n) is 6.14. The second-order valence-corrected chi connectivity index (χ2v) is 6.14. The molecule has 0 aliphatic carbocycles. The maximum absolute atomic E-state index is 4.17. The van der Waals surface area contributed by atoms with Gasteiger partial charge in [-0.25, -0.2) is 0 Å². The Bertz CT molecular complexity index is 180. The number of hydrogen-bond donors (Lipinski definition) is 0. The SMILES string of the molecule is C=C(CCCC)CCCCCCCCCCCCC. The molecule has 114 valence electrons. The molecule has 0 rings (SSSR count). The Kier molecular flexibility index (Phi) is 15.6. The number of allylic oxidation sites excluding steroid dienone is 1. The van der Waals surface area contributed by atoms with Crippen LogP contribution in [0, 0.1) is 0 Å². The molecular weight excluding hydrogens is 228 g/mol. The Hall–Kier alpha value is -0.260. The number of unbranched alkanes of at least 4 members (excludes halogenated alkanes) is 11. The lowest BCUT2D eigenvalue weighted by molar-refractivity contribution is 0.548. The number of rotatable bonds is 15. The molecule has 0 aromatic heterocycles. The van der Waals surface area contributed by atoms with Gasteiger partial charge in [-0.05, 0) is 25.7 Å². The van der Waals surface area contributed by atoms with E-state index in [0.29, 0.717) is 0 Å². The van der Waals surface area contributed by atoms with Crippen LogP contribution in [0.3, 0.4) is 0 Å². The summed E-state index contributed by atoms with van der Waals surface area (Å²) < 4.78 is 0. The smallest absolute Gasteiger partial charge is 0.0323 e. The van der Waals surface area contributed by atoms with Gasteiger partial charge in [0, 0.05) is 0 Å². The maximum Gasteiger partial charge on any atom is -0.0323 e. The van der Waals surface area contributed by atoms with Crippen molar-refractivity contribution in [3.05, 3.63) is 12.2 Å². The summed E-state index contributed by atoms with van der Waals surface area (Å²) in [5.74, 6) is 0. The fourth-order valence-electron chi connectivity index (χ4n) is 2.59. The van der Waals surface area contributed by atoms with E-state index in [1.165, 1.54) is 102 Å². The molecule has 0 aromatic rings. The van der Waals surface area contributed by atoms with Crippen molar-refractivity contribution in [1.82, 2.24) is 0 Å². The van der Waals surface area contributed by atoms with Crippen LogP contribution in [-0.2, 0) is 0 Å². The van der Waals surface area contributed by atoms with E-state index in [-0.39, 0.29) is 0 Å². The monoisotopic (exact) mass is 266 g/mol. The van der Waals surface area contributed by atoms with Gasteiger partial charge in [-0.15, -0.1) is 0 Å². The van der Waals surface area contributed by atoms with E-state index >= 15 is 0 Å². The highest BCUT2D eigenvalue weighted by Crippen LogP contribution is 2.16. The lowest BCUT2D eigenvalue weighted by atomic mass is 10.0. The summed E-state index contributed by atoms with van der Waals surface area (Å²) in [7, 11) is 0. The van der Waals surface area contributed by atoms with Crippen molar-refractivity contribution in [2.75, 3.05) is 0 Å². The van der Waals surface area contributed by atoms with Crippen molar-refractivity contribution in [3.63, 3.8) is 0 Å². The van der Waals surface area contributed by atoms with Gasteiger partial charge >= 0.3 is 0 Å². The van der Waals surface area contributed by atoms with Crippen LogP contribution in [0.15, 0.2) is 12.2 Å². The molecule has 0 aliphatic rings. The molecule has 0 N–H and O–H groups in total. The highest BCUT2D eigenvalue weighted by molar-refractivity contribution is 4.93. The fraction of sp³-hybridized carbons (Fsp3) is 0.895. The van der Waals surface area contributed by atoms with Gasteiger partial charge in [-0.2, -0.15) is 0 Å². The van der Waals surface area contributed by atoms with E-state index in [1.807, 2.05) is 0 Å². The molecule has 0 spiro atoms. The van der Waals surface area contributed by atoms with Gasteiger partial charge in [0.05, 0.1) is 0 Å². The molecule has 0 radical (unpaired) electrons. The first-order chi connectivity index (χ1) is 9.31. The third kappa shape index (κ3) is 15.7. The standard InChI is InChI=1S/C19H38/c1-4-6-8-9-10-11-12-13-14-15-16-18-19(3)17-7-5-2/h3-18H2,1-2H3. The predicted molar refractivity (Wildman–Crippen MR) is 89.7 cm³/mol. The lowest BCUT2D eigenvalue weighted by Gasteiger charge is -2.05. The zero-order valence-electron chi connectivity index (χ0n) is 13.8. The molecule has 0 atom stereocenters. The zero-order chi connectivity index (χ0) is 14.2. The molecule has 0 amide bonds. The van der Waals surface area contributed by atoms with E-state index < -0.39 is 0 Å². The van der Waals surface area contributed by atoms with Gasteiger partial charge in [0.1, 0.15) is 0 Å². The van der Waals surface area contributed by atoms with Crippen molar-refractivity contribution in [2.24, 2.45) is 0 Å². The Morgan fingerprint density at radius 1 is 0.526 bits per heavy atom. The lowest BCUT2D eigenvalue weighted by Crippen LogP contribution is -1.85. The molecule has 0 nitrogen and oxygen atoms in total. The van der Waals surface area contributed by atoms with Crippen molar-refractivity contribution in [3.8, 4) is 0 Å². The molecule has 19 heavy (non-hydrogen) atoms. The molecule has 0 fully saturated rings. The van der Waals surface area contributed by atoms with E-state index in [4.69, 9.17) is 0 Å². The first-order valence-electron chi connectivity index (χ1n) is 8.97. The molecule has 0 bridgehead atoms. The predicted octanol–water partition coefficient (Wildman–Crippen LogP) is 7.43.